The Bertz CT molecular complexity index is 1070. The average molecular weight is 909 g/mol. The molecule has 380 valence electrons. The minimum absolute atomic E-state index is 0.0604. The number of hydrogen-bond acceptors (Lipinski definition) is 3. The van der Waals surface area contributed by atoms with E-state index in [9.17, 15) is 15.0 Å². The lowest BCUT2D eigenvalue weighted by Crippen LogP contribution is -2.45. The SMILES string of the molecule is CC/C=C\C/C=C\C/C=C\C/C=C\CCCCCCCCCCCCCCCCCCCCCCCCCCCCCCC(=O)NC(CO)C(O)/C=C/CCCCCCCCCCCC. The monoisotopic (exact) mass is 908 g/mol. The van der Waals surface area contributed by atoms with Crippen molar-refractivity contribution in [2.75, 3.05) is 6.61 Å². The highest BCUT2D eigenvalue weighted by atomic mass is 16.3. The second-order valence-corrected chi connectivity index (χ2v) is 19.7. The number of allylic oxidation sites excluding steroid dienone is 9. The first-order valence-electron chi connectivity index (χ1n) is 29.0. The van der Waals surface area contributed by atoms with Gasteiger partial charge in [0.15, 0.2) is 0 Å². The van der Waals surface area contributed by atoms with Crippen LogP contribution in [0.25, 0.3) is 0 Å². The fourth-order valence-electron chi connectivity index (χ4n) is 8.88. The summed E-state index contributed by atoms with van der Waals surface area (Å²) in [5.74, 6) is -0.0604. The van der Waals surface area contributed by atoms with Crippen molar-refractivity contribution >= 4 is 5.91 Å². The summed E-state index contributed by atoms with van der Waals surface area (Å²) in [5, 5.41) is 23.1. The quantitative estimate of drug-likeness (QED) is 0.0421. The Morgan fingerprint density at radius 3 is 1.02 bits per heavy atom. The molecular weight excluding hydrogens is 795 g/mol. The van der Waals surface area contributed by atoms with E-state index in [1.165, 1.54) is 231 Å². The summed E-state index contributed by atoms with van der Waals surface area (Å²) in [6.07, 6.45) is 79.8. The number of aliphatic hydroxyl groups excluding tert-OH is 2. The fourth-order valence-corrected chi connectivity index (χ4v) is 8.88. The van der Waals surface area contributed by atoms with Gasteiger partial charge in [-0.15, -0.1) is 0 Å². The molecule has 0 aliphatic heterocycles. The summed E-state index contributed by atoms with van der Waals surface area (Å²) < 4.78 is 0. The Hall–Kier alpha value is -1.91. The molecule has 65 heavy (non-hydrogen) atoms. The van der Waals surface area contributed by atoms with Crippen LogP contribution in [-0.4, -0.2) is 34.9 Å². The zero-order valence-electron chi connectivity index (χ0n) is 43.8. The maximum Gasteiger partial charge on any atom is 0.220 e. The molecule has 0 aromatic carbocycles. The van der Waals surface area contributed by atoms with Crippen LogP contribution in [0.5, 0.6) is 0 Å². The molecule has 0 saturated heterocycles. The van der Waals surface area contributed by atoms with Crippen LogP contribution in [0, 0.1) is 0 Å². The van der Waals surface area contributed by atoms with Gasteiger partial charge in [-0.3, -0.25) is 4.79 Å². The molecule has 2 atom stereocenters. The van der Waals surface area contributed by atoms with Crippen LogP contribution in [0.3, 0.4) is 0 Å². The van der Waals surface area contributed by atoms with Gasteiger partial charge < -0.3 is 15.5 Å². The summed E-state index contributed by atoms with van der Waals surface area (Å²) in [7, 11) is 0. The van der Waals surface area contributed by atoms with E-state index in [0.29, 0.717) is 6.42 Å². The van der Waals surface area contributed by atoms with Gasteiger partial charge in [-0.25, -0.2) is 0 Å². The molecule has 0 saturated carbocycles. The molecule has 4 heteroatoms. The van der Waals surface area contributed by atoms with Gasteiger partial charge in [0.2, 0.25) is 5.91 Å². The molecular formula is C61H113NO3. The molecule has 2 unspecified atom stereocenters. The highest BCUT2D eigenvalue weighted by Gasteiger charge is 2.18. The molecule has 0 spiro atoms. The predicted octanol–water partition coefficient (Wildman–Crippen LogP) is 19.2. The first kappa shape index (κ1) is 63.1. The van der Waals surface area contributed by atoms with Crippen molar-refractivity contribution in [2.45, 2.75) is 315 Å². The number of amides is 1. The minimum atomic E-state index is -0.836. The zero-order chi connectivity index (χ0) is 47.0. The molecule has 3 N–H and O–H groups in total. The van der Waals surface area contributed by atoms with Crippen LogP contribution in [0.15, 0.2) is 60.8 Å². The molecule has 0 aromatic heterocycles. The third-order valence-corrected chi connectivity index (χ3v) is 13.3. The van der Waals surface area contributed by atoms with Crippen molar-refractivity contribution in [1.82, 2.24) is 5.32 Å². The van der Waals surface area contributed by atoms with E-state index >= 15 is 0 Å². The van der Waals surface area contributed by atoms with E-state index in [2.05, 4.69) is 67.8 Å². The third-order valence-electron chi connectivity index (χ3n) is 13.3. The molecule has 0 fully saturated rings. The fraction of sp³-hybridized carbons (Fsp3) is 0.820. The second kappa shape index (κ2) is 56.4. The highest BCUT2D eigenvalue weighted by Crippen LogP contribution is 2.17. The standard InChI is InChI=1S/C61H113NO3/c1-3-5-7-9-11-13-15-17-18-19-20-21-22-23-24-25-26-27-28-29-30-31-32-33-34-35-36-37-38-39-40-41-42-43-44-45-47-49-51-53-55-57-61(65)62-59(58-63)60(64)56-54-52-50-48-46-16-14-12-10-8-6-4-2/h5,7,11,13,17-18,20-21,54,56,59-60,63-64H,3-4,6,8-10,12,14-16,19,22-53,55,57-58H2,1-2H3,(H,62,65)/b7-5-,13-11-,18-17-,21-20-,56-54+. The Morgan fingerprint density at radius 1 is 0.385 bits per heavy atom. The highest BCUT2D eigenvalue weighted by molar-refractivity contribution is 5.76. The number of carbonyl (C=O) groups is 1. The molecule has 4 nitrogen and oxygen atoms in total. The Balaban J connectivity index is 3.36. The largest absolute Gasteiger partial charge is 0.394 e. The maximum absolute atomic E-state index is 12.4. The molecule has 0 aliphatic rings. The average Bonchev–Trinajstić information content (AvgIpc) is 3.31. The van der Waals surface area contributed by atoms with Gasteiger partial charge in [0.05, 0.1) is 18.8 Å². The lowest BCUT2D eigenvalue weighted by molar-refractivity contribution is -0.123. The van der Waals surface area contributed by atoms with Crippen LogP contribution in [0.4, 0.5) is 0 Å². The molecule has 0 aliphatic carbocycles. The van der Waals surface area contributed by atoms with E-state index < -0.39 is 12.1 Å². The van der Waals surface area contributed by atoms with Crippen molar-refractivity contribution in [2.24, 2.45) is 0 Å². The Labute approximate surface area is 406 Å². The molecule has 1 amide bonds. The van der Waals surface area contributed by atoms with Crippen LogP contribution in [0.2, 0.25) is 0 Å². The van der Waals surface area contributed by atoms with Gasteiger partial charge in [-0.1, -0.05) is 299 Å². The molecule has 0 bridgehead atoms. The molecule has 0 rings (SSSR count). The van der Waals surface area contributed by atoms with Crippen LogP contribution >= 0.6 is 0 Å². The first-order chi connectivity index (χ1) is 32.2. The van der Waals surface area contributed by atoms with E-state index in [1.807, 2.05) is 6.08 Å². The van der Waals surface area contributed by atoms with Gasteiger partial charge in [0, 0.05) is 6.42 Å². The number of unbranched alkanes of at least 4 members (excludes halogenated alkanes) is 38. The number of nitrogens with one attached hydrogen (secondary N) is 1. The number of aliphatic hydroxyl groups is 2. The minimum Gasteiger partial charge on any atom is -0.394 e. The van der Waals surface area contributed by atoms with Gasteiger partial charge >= 0.3 is 0 Å². The van der Waals surface area contributed by atoms with Crippen molar-refractivity contribution < 1.29 is 15.0 Å². The van der Waals surface area contributed by atoms with E-state index in [4.69, 9.17) is 0 Å². The number of rotatable bonds is 53. The molecule has 0 radical (unpaired) electrons. The van der Waals surface area contributed by atoms with E-state index in [-0.39, 0.29) is 12.5 Å². The van der Waals surface area contributed by atoms with Crippen LogP contribution in [0.1, 0.15) is 303 Å². The van der Waals surface area contributed by atoms with Crippen molar-refractivity contribution in [3.63, 3.8) is 0 Å². The van der Waals surface area contributed by atoms with Gasteiger partial charge in [0.25, 0.3) is 0 Å². The topological polar surface area (TPSA) is 69.6 Å². The number of hydrogen-bond donors (Lipinski definition) is 3. The predicted molar refractivity (Wildman–Crippen MR) is 290 cm³/mol. The Morgan fingerprint density at radius 2 is 0.677 bits per heavy atom. The normalized spacial score (nSPS) is 13.2. The van der Waals surface area contributed by atoms with Crippen LogP contribution < -0.4 is 5.32 Å². The molecule has 0 heterocycles. The summed E-state index contributed by atoms with van der Waals surface area (Å²) in [5.41, 5.74) is 0. The summed E-state index contributed by atoms with van der Waals surface area (Å²) >= 11 is 0. The van der Waals surface area contributed by atoms with Crippen molar-refractivity contribution in [1.29, 1.82) is 0 Å². The summed E-state index contributed by atoms with van der Waals surface area (Å²) in [6.45, 7) is 4.20. The first-order valence-corrected chi connectivity index (χ1v) is 29.0. The maximum atomic E-state index is 12.4. The van der Waals surface area contributed by atoms with Crippen molar-refractivity contribution in [3.8, 4) is 0 Å². The zero-order valence-corrected chi connectivity index (χ0v) is 43.8. The van der Waals surface area contributed by atoms with Crippen molar-refractivity contribution in [3.05, 3.63) is 60.8 Å². The number of carbonyl (C=O) groups excluding carboxylic acids is 1. The van der Waals surface area contributed by atoms with Gasteiger partial charge in [-0.05, 0) is 57.8 Å². The van der Waals surface area contributed by atoms with Crippen LogP contribution in [-0.2, 0) is 4.79 Å². The lowest BCUT2D eigenvalue weighted by Gasteiger charge is -2.20. The second-order valence-electron chi connectivity index (χ2n) is 19.7. The Kier molecular flexibility index (Phi) is 54.8. The smallest absolute Gasteiger partial charge is 0.220 e. The van der Waals surface area contributed by atoms with E-state index in [0.717, 1.165) is 51.4 Å². The van der Waals surface area contributed by atoms with E-state index in [1.54, 1.807) is 6.08 Å². The lowest BCUT2D eigenvalue weighted by atomic mass is 10.0. The third kappa shape index (κ3) is 52.9. The summed E-state index contributed by atoms with van der Waals surface area (Å²) in [6, 6.07) is -0.619. The van der Waals surface area contributed by atoms with Gasteiger partial charge in [-0.2, -0.15) is 0 Å². The molecule has 0 aromatic rings. The van der Waals surface area contributed by atoms with Gasteiger partial charge in [0.1, 0.15) is 0 Å². The summed E-state index contributed by atoms with van der Waals surface area (Å²) in [4.78, 5) is 12.4.